The van der Waals surface area contributed by atoms with Gasteiger partial charge in [0, 0.05) is 110 Å². The summed E-state index contributed by atoms with van der Waals surface area (Å²) in [6, 6.07) is 14.7. The van der Waals surface area contributed by atoms with Crippen molar-refractivity contribution in [1.29, 1.82) is 0 Å². The monoisotopic (exact) mass is 1290 g/mol. The van der Waals surface area contributed by atoms with Crippen LogP contribution in [-0.2, 0) is 27.1 Å². The number of guanidine groups is 1. The third-order valence-corrected chi connectivity index (χ3v) is 24.4. The molecule has 95 heavy (non-hydrogen) atoms. The molecule has 2 aromatic carbocycles. The van der Waals surface area contributed by atoms with Gasteiger partial charge in [0.25, 0.3) is 0 Å². The second-order valence-corrected chi connectivity index (χ2v) is 29.6. The van der Waals surface area contributed by atoms with E-state index in [-0.39, 0.29) is 64.2 Å². The van der Waals surface area contributed by atoms with Gasteiger partial charge in [0.2, 0.25) is 5.75 Å². The highest BCUT2D eigenvalue weighted by Gasteiger charge is 2.63. The Labute approximate surface area is 557 Å². The molecule has 2 spiro atoms. The Hall–Kier alpha value is -7.81. The molecule has 15 rings (SSSR count). The van der Waals surface area contributed by atoms with E-state index in [0.29, 0.717) is 93.5 Å². The van der Waals surface area contributed by atoms with Crippen LogP contribution in [0.3, 0.4) is 0 Å². The van der Waals surface area contributed by atoms with Crippen molar-refractivity contribution < 1.29 is 44.2 Å². The highest BCUT2D eigenvalue weighted by Crippen LogP contribution is 2.67. The summed E-state index contributed by atoms with van der Waals surface area (Å²) in [7, 11) is 2.08. The number of aliphatic hydroxyl groups is 1. The average molecular weight is 1290 g/mol. The van der Waals surface area contributed by atoms with Crippen molar-refractivity contribution in [2.75, 3.05) is 33.3 Å². The van der Waals surface area contributed by atoms with Gasteiger partial charge in [-0.25, -0.2) is 0 Å². The number of nitrogens with zero attached hydrogens (tertiary/aromatic N) is 3. The number of ether oxygens (including phenoxy) is 4. The molecule has 3 aromatic heterocycles. The summed E-state index contributed by atoms with van der Waals surface area (Å²) >= 11 is 0. The van der Waals surface area contributed by atoms with Crippen LogP contribution < -0.4 is 41.8 Å². The number of hydrogen-bond acceptors (Lipinski definition) is 15. The number of aromatic nitrogens is 3. The molecule has 5 aliphatic carbocycles. The molecule has 2 saturated heterocycles. The third kappa shape index (κ3) is 11.7. The second kappa shape index (κ2) is 26.0. The number of pyridine rings is 1. The zero-order valence-corrected chi connectivity index (χ0v) is 54.9. The minimum absolute atomic E-state index is 0.0149. The predicted molar refractivity (Wildman–Crippen MR) is 361 cm³/mol. The van der Waals surface area contributed by atoms with Gasteiger partial charge < -0.3 is 75.9 Å². The number of carbonyl (C=O) groups excluding carboxylic acids is 1. The quantitative estimate of drug-likeness (QED) is 0.0298. The van der Waals surface area contributed by atoms with E-state index in [0.717, 1.165) is 92.8 Å². The second-order valence-electron chi connectivity index (χ2n) is 29.6. The van der Waals surface area contributed by atoms with Crippen LogP contribution in [0.1, 0.15) is 151 Å². The fraction of sp³-hybridized carbons (Fsp3) is 0.566. The van der Waals surface area contributed by atoms with E-state index in [2.05, 4.69) is 102 Å². The molecule has 16 atom stereocenters. The molecule has 5 aromatic rings. The summed E-state index contributed by atoms with van der Waals surface area (Å²) in [4.78, 5) is 27.2. The average Bonchev–Trinajstić information content (AvgIpc) is 1.71. The lowest BCUT2D eigenvalue weighted by Gasteiger charge is -2.58. The lowest BCUT2D eigenvalue weighted by atomic mass is 9.55. The number of rotatable bonds is 13. The van der Waals surface area contributed by atoms with E-state index in [1.54, 1.807) is 24.5 Å². The molecule has 502 valence electrons. The topological polar surface area (TPSA) is 267 Å². The number of fused-ring (bicyclic) bond motifs is 5. The van der Waals surface area contributed by atoms with Crippen LogP contribution in [0.2, 0.25) is 0 Å². The number of phenols is 3. The Balaban J connectivity index is 0.899. The van der Waals surface area contributed by atoms with E-state index >= 15 is 0 Å². The molecule has 12 N–H and O–H groups in total. The largest absolute Gasteiger partial charge is 0.504 e. The van der Waals surface area contributed by atoms with Gasteiger partial charge in [-0.05, 0) is 173 Å². The number of aliphatic imine (C=N–C) groups is 1. The molecule has 5 saturated carbocycles. The van der Waals surface area contributed by atoms with Crippen molar-refractivity contribution in [2.45, 2.75) is 184 Å². The lowest BCUT2D eigenvalue weighted by molar-refractivity contribution is -0.219. The Kier molecular flexibility index (Phi) is 17.3. The van der Waals surface area contributed by atoms with E-state index in [4.69, 9.17) is 29.7 Å². The highest BCUT2D eigenvalue weighted by atomic mass is 16.6. The molecule has 0 radical (unpaired) electrons. The summed E-state index contributed by atoms with van der Waals surface area (Å²) in [5, 5.41) is 69.0. The van der Waals surface area contributed by atoms with Crippen LogP contribution in [0.5, 0.6) is 28.7 Å². The van der Waals surface area contributed by atoms with Crippen LogP contribution in [-0.4, -0.2) is 116 Å². The maximum absolute atomic E-state index is 13.8. The van der Waals surface area contributed by atoms with Crippen molar-refractivity contribution in [3.63, 3.8) is 0 Å². The van der Waals surface area contributed by atoms with Crippen molar-refractivity contribution in [3.8, 4) is 52.4 Å². The fourth-order valence-electron chi connectivity index (χ4n) is 20.0. The van der Waals surface area contributed by atoms with Crippen LogP contribution in [0, 0.1) is 75.4 Å². The Morgan fingerprint density at radius 3 is 2.67 bits per heavy atom. The number of nitrogens with one attached hydrogen (secondary N) is 6. The maximum Gasteiger partial charge on any atom is 0.302 e. The van der Waals surface area contributed by atoms with Crippen molar-refractivity contribution >= 4 is 22.8 Å². The Morgan fingerprint density at radius 2 is 1.84 bits per heavy atom. The minimum atomic E-state index is -1.08. The predicted octanol–water partition coefficient (Wildman–Crippen LogP) is 9.56. The molecule has 10 aliphatic rings. The fourth-order valence-corrected chi connectivity index (χ4v) is 20.0. The van der Waals surface area contributed by atoms with E-state index in [1.165, 1.54) is 31.4 Å². The van der Waals surface area contributed by atoms with Crippen LogP contribution in [0.25, 0.3) is 10.9 Å². The van der Waals surface area contributed by atoms with Gasteiger partial charge in [-0.15, -0.1) is 5.92 Å². The van der Waals surface area contributed by atoms with E-state index < -0.39 is 65.6 Å². The number of aliphatic hydroxyl groups excluding tert-OH is 1. The van der Waals surface area contributed by atoms with Gasteiger partial charge >= 0.3 is 5.97 Å². The van der Waals surface area contributed by atoms with Gasteiger partial charge in [0.15, 0.2) is 29.0 Å². The first kappa shape index (κ1) is 63.3. The van der Waals surface area contributed by atoms with E-state index in [9.17, 15) is 25.2 Å². The van der Waals surface area contributed by atoms with E-state index in [1.807, 2.05) is 30.5 Å². The first-order valence-electron chi connectivity index (χ1n) is 35.3. The van der Waals surface area contributed by atoms with Crippen LogP contribution in [0.4, 0.5) is 0 Å². The number of aromatic amines is 1. The summed E-state index contributed by atoms with van der Waals surface area (Å²) in [6.07, 6.45) is 26.5. The molecule has 4 bridgehead atoms. The van der Waals surface area contributed by atoms with Gasteiger partial charge in [0.1, 0.15) is 24.6 Å². The zero-order chi connectivity index (χ0) is 65.1. The van der Waals surface area contributed by atoms with Crippen molar-refractivity contribution in [3.05, 3.63) is 120 Å². The molecular formula is C76H94N10O9. The number of esters is 1. The summed E-state index contributed by atoms with van der Waals surface area (Å²) in [5.41, 5.74) is 9.26. The molecule has 16 unspecified atom stereocenters. The summed E-state index contributed by atoms with van der Waals surface area (Å²) < 4.78 is 30.0. The third-order valence-electron chi connectivity index (χ3n) is 24.4. The number of carbonyl (C=O) groups is 1. The standard InChI is InChI=1S/C76H94N10O9/c1-46(87)93-63-38-62(52-36-60(89)68(90)65(37-52)92-33-24-47-10-9-30-79-41-47)95-69-55(63)18-16-53-17-19-56-61-14-8-28-76(56)67(71(91)83-57-13-4-3-11-50(57)12-7-27-74(53,69)39-48-15-20-59(88)64(34-48)94-61)70(86-43-51-23-32-80-58(51)44-86)84-72(85-76)82-45-75(40-49-22-31-81-66(77)35-49)54(42-78-2)21-29-73(75)25-5-6-26-73/h9-10,15,20,22-23,30,32,34-37,41,43-44,50,53-57,61-63,67,69-71,78,80-81,83,88-91H,3-6,8,11,13-14,16,18,21,24-29,31,33,38-40,42,45,77H2,1-2H3,(H2,82,84,85). The SMILES string of the molecule is CNCC1CCC2(CCCC2)C1(CN=C1NC(n2cc3cc[nH]c3c2)C2C(O)NC3CCCCC3C#CCC34Cc5ccc(O)c(c5)OC5CCCC2(N1)C5C#CC3CCC1C(OC(C)=O)CC(c2cc(O)c(O)c(OCCc3cccnc3)c2)OC14)CC1=CCNC(N)=C1. The van der Waals surface area contributed by atoms with Gasteiger partial charge in [-0.1, -0.05) is 61.7 Å². The number of hydrogen-bond donors (Lipinski definition) is 11. The van der Waals surface area contributed by atoms with Crippen LogP contribution >= 0.6 is 0 Å². The lowest BCUT2D eigenvalue weighted by Crippen LogP contribution is -2.75. The van der Waals surface area contributed by atoms with Gasteiger partial charge in [-0.3, -0.25) is 20.1 Å². The van der Waals surface area contributed by atoms with Crippen LogP contribution in [0.15, 0.2) is 108 Å². The van der Waals surface area contributed by atoms with Gasteiger partial charge in [-0.2, -0.15) is 0 Å². The van der Waals surface area contributed by atoms with Crippen molar-refractivity contribution in [2.24, 2.45) is 62.5 Å². The first-order valence-corrected chi connectivity index (χ1v) is 35.3. The molecule has 19 nitrogen and oxygen atoms in total. The smallest absolute Gasteiger partial charge is 0.302 e. The van der Waals surface area contributed by atoms with Gasteiger partial charge in [0.05, 0.1) is 47.5 Å². The molecule has 5 aliphatic heterocycles. The summed E-state index contributed by atoms with van der Waals surface area (Å²) in [6.45, 7) is 3.80. The number of nitrogens with two attached hydrogens (primary N) is 1. The first-order chi connectivity index (χ1) is 46.2. The molecule has 19 heteroatoms. The minimum Gasteiger partial charge on any atom is -0.504 e. The maximum atomic E-state index is 13.8. The number of H-pyrrole nitrogens is 1. The normalized spacial score (nSPS) is 34.9. The zero-order valence-electron chi connectivity index (χ0n) is 54.9. The Morgan fingerprint density at radius 1 is 0.958 bits per heavy atom. The molecule has 0 amide bonds. The molecule has 7 fully saturated rings. The number of benzene rings is 2. The number of phenolic OH excluding ortho intramolecular Hbond substituents is 3. The number of aromatic hydroxyl groups is 3. The summed E-state index contributed by atoms with van der Waals surface area (Å²) in [5.74, 6) is 15.0. The number of dihydropyridines is 1. The highest BCUT2D eigenvalue weighted by molar-refractivity contribution is 5.83. The molecule has 8 heterocycles. The van der Waals surface area contributed by atoms with Crippen molar-refractivity contribution in [1.82, 2.24) is 41.1 Å². The Bertz CT molecular complexity index is 3860. The molecular weight excluding hydrogens is 1200 g/mol. The number of allylic oxidation sites excluding steroid dienone is 2.